The highest BCUT2D eigenvalue weighted by molar-refractivity contribution is 5.84. The molecule has 3 aromatic carbocycles. The third kappa shape index (κ3) is 6.69. The predicted octanol–water partition coefficient (Wildman–Crippen LogP) is 3.36. The number of ether oxygens (including phenoxy) is 2. The van der Waals surface area contributed by atoms with Gasteiger partial charge in [0, 0.05) is 19.0 Å². The van der Waals surface area contributed by atoms with E-state index in [1.807, 2.05) is 66.7 Å². The Morgan fingerprint density at radius 2 is 1.69 bits per heavy atom. The second kappa shape index (κ2) is 14.6. The van der Waals surface area contributed by atoms with Crippen LogP contribution in [0, 0.1) is 0 Å². The van der Waals surface area contributed by atoms with E-state index in [2.05, 4.69) is 49.7 Å². The van der Waals surface area contributed by atoms with Gasteiger partial charge >= 0.3 is 0 Å². The number of fused-ring (bicyclic) bond motifs is 1. The summed E-state index contributed by atoms with van der Waals surface area (Å²) in [7, 11) is 0. The van der Waals surface area contributed by atoms with Crippen molar-refractivity contribution in [1.29, 1.82) is 0 Å². The first-order valence-electron chi connectivity index (χ1n) is 15.9. The van der Waals surface area contributed by atoms with Crippen LogP contribution in [0.15, 0.2) is 104 Å². The van der Waals surface area contributed by atoms with Crippen LogP contribution in [0.5, 0.6) is 0 Å². The maximum atomic E-state index is 11.4. The number of imidazole rings is 1. The lowest BCUT2D eigenvalue weighted by Crippen LogP contribution is -2.32. The second-order valence-electron chi connectivity index (χ2n) is 11.6. The lowest BCUT2D eigenvalue weighted by Gasteiger charge is -2.23. The van der Waals surface area contributed by atoms with Gasteiger partial charge in [-0.3, -0.25) is 9.36 Å². The van der Waals surface area contributed by atoms with Gasteiger partial charge in [0.25, 0.3) is 6.47 Å². The van der Waals surface area contributed by atoms with Crippen LogP contribution in [-0.2, 0) is 20.7 Å². The topological polar surface area (TPSA) is 176 Å². The van der Waals surface area contributed by atoms with Crippen molar-refractivity contribution in [3.8, 4) is 0 Å². The molecule has 49 heavy (non-hydrogen) atoms. The molecule has 14 heteroatoms. The van der Waals surface area contributed by atoms with Crippen molar-refractivity contribution in [1.82, 2.24) is 34.7 Å². The minimum Gasteiger partial charge on any atom is -0.458 e. The summed E-state index contributed by atoms with van der Waals surface area (Å²) in [6, 6.07) is 30.3. The normalized spacial score (nSPS) is 18.9. The molecular formula is C35H35N9O5. The Kier molecular flexibility index (Phi) is 9.50. The van der Waals surface area contributed by atoms with Crippen LogP contribution in [0.25, 0.3) is 11.2 Å². The molecule has 0 spiro atoms. The van der Waals surface area contributed by atoms with Crippen LogP contribution in [0.2, 0.25) is 0 Å². The van der Waals surface area contributed by atoms with Gasteiger partial charge in [0.2, 0.25) is 5.95 Å². The number of aliphatic hydroxyl groups is 2. The Hall–Kier alpha value is -5.70. The average Bonchev–Trinajstić information content (AvgIpc) is 3.90. The zero-order valence-corrected chi connectivity index (χ0v) is 26.4. The molecule has 0 unspecified atom stereocenters. The summed E-state index contributed by atoms with van der Waals surface area (Å²) in [6.45, 7) is 0.829. The first-order valence-corrected chi connectivity index (χ1v) is 15.9. The van der Waals surface area contributed by atoms with E-state index in [0.29, 0.717) is 36.5 Å². The lowest BCUT2D eigenvalue weighted by atomic mass is 9.91. The maximum Gasteiger partial charge on any atom is 0.293 e. The largest absolute Gasteiger partial charge is 0.458 e. The summed E-state index contributed by atoms with van der Waals surface area (Å²) < 4.78 is 13.1. The van der Waals surface area contributed by atoms with Crippen molar-refractivity contribution in [3.05, 3.63) is 126 Å². The number of nitrogens with one attached hydrogen (secondary N) is 2. The smallest absolute Gasteiger partial charge is 0.293 e. The van der Waals surface area contributed by atoms with Gasteiger partial charge in [-0.15, -0.1) is 10.2 Å². The van der Waals surface area contributed by atoms with Gasteiger partial charge in [-0.05, 0) is 23.1 Å². The third-order valence-corrected chi connectivity index (χ3v) is 8.66. The molecule has 4 atom stereocenters. The number of H-pyrrole nitrogens is 1. The van der Waals surface area contributed by atoms with E-state index in [9.17, 15) is 15.0 Å². The Labute approximate surface area is 281 Å². The van der Waals surface area contributed by atoms with Crippen molar-refractivity contribution in [3.63, 3.8) is 0 Å². The van der Waals surface area contributed by atoms with E-state index in [4.69, 9.17) is 19.4 Å². The van der Waals surface area contributed by atoms with Gasteiger partial charge in [-0.2, -0.15) is 9.97 Å². The van der Waals surface area contributed by atoms with E-state index < -0.39 is 24.5 Å². The Morgan fingerprint density at radius 3 is 2.33 bits per heavy atom. The molecule has 1 saturated heterocycles. The van der Waals surface area contributed by atoms with E-state index in [1.54, 1.807) is 9.47 Å². The first-order chi connectivity index (χ1) is 24.1. The summed E-state index contributed by atoms with van der Waals surface area (Å²) in [5.74, 6) is 0.962. The molecule has 1 fully saturated rings. The van der Waals surface area contributed by atoms with E-state index in [1.165, 1.54) is 12.7 Å². The van der Waals surface area contributed by atoms with Gasteiger partial charge in [0.1, 0.15) is 19.2 Å². The molecular weight excluding hydrogens is 626 g/mol. The van der Waals surface area contributed by atoms with E-state index >= 15 is 0 Å². The molecule has 6 aromatic rings. The molecule has 14 nitrogen and oxygen atoms in total. The first kappa shape index (κ1) is 31.9. The van der Waals surface area contributed by atoms with Crippen molar-refractivity contribution in [2.24, 2.45) is 0 Å². The van der Waals surface area contributed by atoms with Crippen molar-refractivity contribution < 1.29 is 24.5 Å². The standard InChI is InChI=1S/C35H35N9O5/c45-21-43(17-16-23-10-4-1-5-11-23)35-40-31(36-18-26(24-12-6-2-7-13-24)25-14-8-3-9-15-25)27-33(41-35)44(20-38-27)34-28(47)29(48-22-46)30(49-34)32-37-19-39-42-32/h1-15,19-20,22,26,28-30,34,45,47H,16-18,21H2,(H,36,40,41)(H,37,39,42)/t28-,29+,30+,34-/m1/s1. The van der Waals surface area contributed by atoms with Crippen LogP contribution in [-0.4, -0.2) is 83.4 Å². The van der Waals surface area contributed by atoms with Crippen molar-refractivity contribution in [2.75, 3.05) is 30.0 Å². The highest BCUT2D eigenvalue weighted by atomic mass is 16.6. The number of carbonyl (C=O) groups excluding carboxylic acids is 1. The monoisotopic (exact) mass is 661 g/mol. The minimum atomic E-state index is -1.31. The number of anilines is 2. The van der Waals surface area contributed by atoms with Crippen LogP contribution in [0.1, 0.15) is 40.8 Å². The molecule has 1 aliphatic heterocycles. The third-order valence-electron chi connectivity index (χ3n) is 8.66. The summed E-state index contributed by atoms with van der Waals surface area (Å²) in [5.41, 5.74) is 4.12. The number of hydrogen-bond donors (Lipinski definition) is 4. The Balaban J connectivity index is 1.27. The molecule has 0 amide bonds. The molecule has 0 saturated carbocycles. The van der Waals surface area contributed by atoms with Crippen LogP contribution >= 0.6 is 0 Å². The van der Waals surface area contributed by atoms with Crippen molar-refractivity contribution >= 4 is 29.4 Å². The van der Waals surface area contributed by atoms with Gasteiger partial charge in [0.15, 0.2) is 41.2 Å². The number of hydrogen-bond acceptors (Lipinski definition) is 12. The molecule has 0 aliphatic carbocycles. The van der Waals surface area contributed by atoms with Crippen LogP contribution in [0.4, 0.5) is 11.8 Å². The summed E-state index contributed by atoms with van der Waals surface area (Å²) in [6.07, 6.45) is -0.859. The van der Waals surface area contributed by atoms with E-state index in [0.717, 1.165) is 16.7 Å². The van der Waals surface area contributed by atoms with Gasteiger partial charge < -0.3 is 34.9 Å². The maximum absolute atomic E-state index is 11.4. The summed E-state index contributed by atoms with van der Waals surface area (Å²) >= 11 is 0. The fourth-order valence-electron chi connectivity index (χ4n) is 6.17. The molecule has 4 heterocycles. The number of aromatic nitrogens is 7. The summed E-state index contributed by atoms with van der Waals surface area (Å²) in [4.78, 5) is 30.3. The van der Waals surface area contributed by atoms with Gasteiger partial charge in [-0.1, -0.05) is 91.0 Å². The van der Waals surface area contributed by atoms with Gasteiger partial charge in [-0.25, -0.2) is 4.98 Å². The molecule has 7 rings (SSSR count). The molecule has 0 bridgehead atoms. The predicted molar refractivity (Wildman–Crippen MR) is 179 cm³/mol. The summed E-state index contributed by atoms with van der Waals surface area (Å²) in [5, 5.41) is 33.2. The van der Waals surface area contributed by atoms with Crippen molar-refractivity contribution in [2.45, 2.75) is 36.9 Å². The van der Waals surface area contributed by atoms with Crippen LogP contribution in [0.3, 0.4) is 0 Å². The Morgan fingerprint density at radius 1 is 1.00 bits per heavy atom. The molecule has 4 N–H and O–H groups in total. The number of aromatic amines is 1. The Bertz CT molecular complexity index is 1910. The number of carbonyl (C=O) groups is 1. The second-order valence-corrected chi connectivity index (χ2v) is 11.6. The number of benzene rings is 3. The molecule has 0 radical (unpaired) electrons. The molecule has 3 aromatic heterocycles. The average molecular weight is 662 g/mol. The lowest BCUT2D eigenvalue weighted by molar-refractivity contribution is -0.140. The molecule has 250 valence electrons. The van der Waals surface area contributed by atoms with Gasteiger partial charge in [0.05, 0.1) is 6.33 Å². The zero-order chi connectivity index (χ0) is 33.6. The SMILES string of the molecule is O=CO[C@H]1[C@@H](O)[C@H](n2cnc3c(NCC(c4ccccc4)c4ccccc4)nc(N(CO)CCc4ccccc4)nc32)O[C@@H]1c1nnc[nH]1. The van der Waals surface area contributed by atoms with Crippen LogP contribution < -0.4 is 10.2 Å². The highest BCUT2D eigenvalue weighted by Crippen LogP contribution is 2.40. The highest BCUT2D eigenvalue weighted by Gasteiger charge is 2.49. The zero-order valence-electron chi connectivity index (χ0n) is 26.4. The quantitative estimate of drug-likeness (QED) is 0.0991. The number of nitrogens with zero attached hydrogens (tertiary/aromatic N) is 7. The molecule has 1 aliphatic rings. The number of rotatable bonds is 14. The number of aliphatic hydroxyl groups excluding tert-OH is 2. The fourth-order valence-corrected chi connectivity index (χ4v) is 6.17. The minimum absolute atomic E-state index is 0.0196. The fraction of sp³-hybridized carbons (Fsp3) is 0.257. The van der Waals surface area contributed by atoms with E-state index in [-0.39, 0.29) is 30.9 Å².